The van der Waals surface area contributed by atoms with E-state index in [1.54, 1.807) is 0 Å². The Balaban J connectivity index is 2.16. The lowest BCUT2D eigenvalue weighted by Gasteiger charge is -2.41. The quantitative estimate of drug-likeness (QED) is 0.830. The SMILES string of the molecule is Fc1cc(Cl)cnc1NC1(CCl)CCC1. The summed E-state index contributed by atoms with van der Waals surface area (Å²) in [7, 11) is 0. The van der Waals surface area contributed by atoms with E-state index in [1.165, 1.54) is 12.3 Å². The van der Waals surface area contributed by atoms with Crippen LogP contribution in [0, 0.1) is 5.82 Å². The summed E-state index contributed by atoms with van der Waals surface area (Å²) >= 11 is 11.5. The van der Waals surface area contributed by atoms with Crippen molar-refractivity contribution in [2.45, 2.75) is 24.8 Å². The van der Waals surface area contributed by atoms with Crippen LogP contribution in [0.5, 0.6) is 0 Å². The van der Waals surface area contributed by atoms with Crippen molar-refractivity contribution in [3.05, 3.63) is 23.1 Å². The van der Waals surface area contributed by atoms with Gasteiger partial charge in [-0.3, -0.25) is 0 Å². The second kappa shape index (κ2) is 4.14. The molecular formula is C10H11Cl2FN2. The van der Waals surface area contributed by atoms with Gasteiger partial charge in [-0.15, -0.1) is 11.6 Å². The van der Waals surface area contributed by atoms with E-state index in [0.717, 1.165) is 19.3 Å². The number of hydrogen-bond acceptors (Lipinski definition) is 2. The molecule has 2 nitrogen and oxygen atoms in total. The molecule has 5 heteroatoms. The van der Waals surface area contributed by atoms with Crippen LogP contribution >= 0.6 is 23.2 Å². The first kappa shape index (κ1) is 11.0. The number of nitrogens with one attached hydrogen (secondary N) is 1. The van der Waals surface area contributed by atoms with Crippen LogP contribution in [0.25, 0.3) is 0 Å². The number of hydrogen-bond donors (Lipinski definition) is 1. The monoisotopic (exact) mass is 248 g/mol. The number of aromatic nitrogens is 1. The summed E-state index contributed by atoms with van der Waals surface area (Å²) in [4.78, 5) is 3.92. The number of nitrogens with zero attached hydrogens (tertiary/aromatic N) is 1. The first-order chi connectivity index (χ1) is 7.15. The van der Waals surface area contributed by atoms with Crippen LogP contribution in [0.4, 0.5) is 10.2 Å². The molecule has 0 atom stereocenters. The fourth-order valence-corrected chi connectivity index (χ4v) is 2.13. The fraction of sp³-hybridized carbons (Fsp3) is 0.500. The molecule has 0 aromatic carbocycles. The lowest BCUT2D eigenvalue weighted by Crippen LogP contribution is -2.47. The van der Waals surface area contributed by atoms with Gasteiger partial charge in [-0.2, -0.15) is 0 Å². The first-order valence-corrected chi connectivity index (χ1v) is 5.72. The minimum atomic E-state index is -0.432. The zero-order valence-electron chi connectivity index (χ0n) is 8.06. The minimum absolute atomic E-state index is 0.177. The van der Waals surface area contributed by atoms with Crippen molar-refractivity contribution in [1.29, 1.82) is 0 Å². The second-order valence-electron chi connectivity index (χ2n) is 3.88. The Bertz CT molecular complexity index is 361. The molecule has 2 rings (SSSR count). The van der Waals surface area contributed by atoms with Crippen molar-refractivity contribution in [2.75, 3.05) is 11.2 Å². The molecule has 1 heterocycles. The minimum Gasteiger partial charge on any atom is -0.361 e. The largest absolute Gasteiger partial charge is 0.361 e. The highest BCUT2D eigenvalue weighted by molar-refractivity contribution is 6.30. The van der Waals surface area contributed by atoms with Crippen LogP contribution in [0.3, 0.4) is 0 Å². The summed E-state index contributed by atoms with van der Waals surface area (Å²) in [5.74, 6) is 0.273. The molecule has 82 valence electrons. The Morgan fingerprint density at radius 2 is 2.27 bits per heavy atom. The van der Waals surface area contributed by atoms with E-state index in [1.807, 2.05) is 0 Å². The van der Waals surface area contributed by atoms with Gasteiger partial charge >= 0.3 is 0 Å². The molecule has 1 N–H and O–H groups in total. The van der Waals surface area contributed by atoms with Gasteiger partial charge in [0, 0.05) is 12.1 Å². The molecule has 0 spiro atoms. The fourth-order valence-electron chi connectivity index (χ4n) is 1.65. The maximum atomic E-state index is 13.4. The molecule has 0 bridgehead atoms. The van der Waals surface area contributed by atoms with Crippen LogP contribution in [-0.2, 0) is 0 Å². The van der Waals surface area contributed by atoms with E-state index in [9.17, 15) is 4.39 Å². The summed E-state index contributed by atoms with van der Waals surface area (Å²) in [6.45, 7) is 0. The highest BCUT2D eigenvalue weighted by Gasteiger charge is 2.36. The summed E-state index contributed by atoms with van der Waals surface area (Å²) < 4.78 is 13.4. The number of alkyl halides is 1. The lowest BCUT2D eigenvalue weighted by atomic mass is 9.78. The van der Waals surface area contributed by atoms with Crippen LogP contribution < -0.4 is 5.32 Å². The summed E-state index contributed by atoms with van der Waals surface area (Å²) in [6.07, 6.45) is 4.46. The normalized spacial score (nSPS) is 18.3. The van der Waals surface area contributed by atoms with Crippen molar-refractivity contribution >= 4 is 29.0 Å². The number of pyridine rings is 1. The Morgan fingerprint density at radius 1 is 1.53 bits per heavy atom. The number of anilines is 1. The Hall–Kier alpha value is -0.540. The highest BCUT2D eigenvalue weighted by atomic mass is 35.5. The first-order valence-electron chi connectivity index (χ1n) is 4.80. The molecular weight excluding hydrogens is 238 g/mol. The van der Waals surface area contributed by atoms with Crippen molar-refractivity contribution in [3.63, 3.8) is 0 Å². The predicted molar refractivity (Wildman–Crippen MR) is 60.1 cm³/mol. The molecule has 1 aliphatic rings. The molecule has 1 aromatic heterocycles. The molecule has 1 saturated carbocycles. The van der Waals surface area contributed by atoms with Gasteiger partial charge in [-0.25, -0.2) is 9.37 Å². The average molecular weight is 249 g/mol. The Labute approximate surface area is 97.8 Å². The molecule has 0 saturated heterocycles. The molecule has 0 aliphatic heterocycles. The van der Waals surface area contributed by atoms with Gasteiger partial charge in [0.05, 0.1) is 10.6 Å². The standard InChI is InChI=1S/C10H11Cl2FN2/c11-6-10(2-1-3-10)15-9-8(13)4-7(12)5-14-9/h4-5H,1-3,6H2,(H,14,15). The van der Waals surface area contributed by atoms with E-state index >= 15 is 0 Å². The zero-order chi connectivity index (χ0) is 10.9. The molecule has 1 aliphatic carbocycles. The third-order valence-electron chi connectivity index (χ3n) is 2.76. The Morgan fingerprint density at radius 3 is 2.73 bits per heavy atom. The molecule has 0 unspecified atom stereocenters. The van der Waals surface area contributed by atoms with Crippen molar-refractivity contribution < 1.29 is 4.39 Å². The maximum Gasteiger partial charge on any atom is 0.166 e. The number of rotatable bonds is 3. The van der Waals surface area contributed by atoms with E-state index < -0.39 is 5.82 Å². The van der Waals surface area contributed by atoms with Gasteiger partial charge in [-0.05, 0) is 25.3 Å². The van der Waals surface area contributed by atoms with Crippen molar-refractivity contribution in [3.8, 4) is 0 Å². The topological polar surface area (TPSA) is 24.9 Å². The molecule has 15 heavy (non-hydrogen) atoms. The smallest absolute Gasteiger partial charge is 0.166 e. The molecule has 1 fully saturated rings. The van der Waals surface area contributed by atoms with Gasteiger partial charge in [0.25, 0.3) is 0 Å². The van der Waals surface area contributed by atoms with Crippen LogP contribution in [-0.4, -0.2) is 16.4 Å². The second-order valence-corrected chi connectivity index (χ2v) is 4.58. The summed E-state index contributed by atoms with van der Waals surface area (Å²) in [6, 6.07) is 1.25. The highest BCUT2D eigenvalue weighted by Crippen LogP contribution is 2.36. The number of halogens is 3. The van der Waals surface area contributed by atoms with Crippen LogP contribution in [0.1, 0.15) is 19.3 Å². The van der Waals surface area contributed by atoms with E-state index in [0.29, 0.717) is 10.9 Å². The van der Waals surface area contributed by atoms with E-state index in [4.69, 9.17) is 23.2 Å². The zero-order valence-corrected chi connectivity index (χ0v) is 9.58. The summed E-state index contributed by atoms with van der Waals surface area (Å²) in [5, 5.41) is 3.36. The lowest BCUT2D eigenvalue weighted by molar-refractivity contribution is 0.309. The van der Waals surface area contributed by atoms with Gasteiger partial charge in [0.15, 0.2) is 11.6 Å². The maximum absolute atomic E-state index is 13.4. The van der Waals surface area contributed by atoms with Crippen molar-refractivity contribution in [1.82, 2.24) is 4.98 Å². The van der Waals surface area contributed by atoms with E-state index in [2.05, 4.69) is 10.3 Å². The van der Waals surface area contributed by atoms with Gasteiger partial charge in [-0.1, -0.05) is 11.6 Å². The molecule has 0 radical (unpaired) electrons. The summed E-state index contributed by atoms with van der Waals surface area (Å²) in [5.41, 5.74) is -0.177. The van der Waals surface area contributed by atoms with Crippen LogP contribution in [0.15, 0.2) is 12.3 Å². The average Bonchev–Trinajstić information content (AvgIpc) is 2.14. The third-order valence-corrected chi connectivity index (χ3v) is 3.48. The van der Waals surface area contributed by atoms with E-state index in [-0.39, 0.29) is 11.4 Å². The Kier molecular flexibility index (Phi) is 3.03. The van der Waals surface area contributed by atoms with Gasteiger partial charge < -0.3 is 5.32 Å². The van der Waals surface area contributed by atoms with Crippen LogP contribution in [0.2, 0.25) is 5.02 Å². The third kappa shape index (κ3) is 2.18. The van der Waals surface area contributed by atoms with Gasteiger partial charge in [0.1, 0.15) is 0 Å². The molecule has 0 amide bonds. The van der Waals surface area contributed by atoms with Crippen molar-refractivity contribution in [2.24, 2.45) is 0 Å². The molecule has 1 aromatic rings. The van der Waals surface area contributed by atoms with Gasteiger partial charge in [0.2, 0.25) is 0 Å². The predicted octanol–water partition coefficient (Wildman–Crippen LogP) is 3.45.